The second kappa shape index (κ2) is 6.27. The van der Waals surface area contributed by atoms with Crippen LogP contribution >= 0.6 is 11.3 Å². The van der Waals surface area contributed by atoms with Crippen molar-refractivity contribution >= 4 is 23.2 Å². The van der Waals surface area contributed by atoms with Gasteiger partial charge in [0, 0.05) is 23.5 Å². The molecule has 2 aromatic rings. The molecule has 1 aliphatic heterocycles. The summed E-state index contributed by atoms with van der Waals surface area (Å²) in [7, 11) is 0. The SMILES string of the molecule is O=C(NCC(=O)N1CCc2sccc2C1)c1ccc(F)cc1. The van der Waals surface area contributed by atoms with Gasteiger partial charge in [0.15, 0.2) is 0 Å². The third-order valence-corrected chi connectivity index (χ3v) is 4.69. The quantitative estimate of drug-likeness (QED) is 0.943. The predicted molar refractivity (Wildman–Crippen MR) is 82.2 cm³/mol. The lowest BCUT2D eigenvalue weighted by Gasteiger charge is -2.27. The van der Waals surface area contributed by atoms with Gasteiger partial charge in [-0.25, -0.2) is 4.39 Å². The second-order valence-corrected chi connectivity index (χ2v) is 6.12. The molecule has 6 heteroatoms. The van der Waals surface area contributed by atoms with Gasteiger partial charge in [-0.05, 0) is 47.7 Å². The van der Waals surface area contributed by atoms with Crippen LogP contribution in [-0.2, 0) is 17.8 Å². The molecular formula is C16H15FN2O2S. The molecule has 1 aromatic carbocycles. The Balaban J connectivity index is 1.54. The smallest absolute Gasteiger partial charge is 0.251 e. The van der Waals surface area contributed by atoms with Crippen LogP contribution in [0.2, 0.25) is 0 Å². The molecule has 0 unspecified atom stereocenters. The highest BCUT2D eigenvalue weighted by Crippen LogP contribution is 2.23. The van der Waals surface area contributed by atoms with Gasteiger partial charge in [-0.2, -0.15) is 0 Å². The summed E-state index contributed by atoms with van der Waals surface area (Å²) in [5, 5.41) is 4.62. The number of thiophene rings is 1. The Labute approximate surface area is 131 Å². The topological polar surface area (TPSA) is 49.4 Å². The fraction of sp³-hybridized carbons (Fsp3) is 0.250. The highest BCUT2D eigenvalue weighted by Gasteiger charge is 2.21. The van der Waals surface area contributed by atoms with Crippen molar-refractivity contribution in [2.75, 3.05) is 13.1 Å². The van der Waals surface area contributed by atoms with Gasteiger partial charge >= 0.3 is 0 Å². The molecule has 0 bridgehead atoms. The molecule has 114 valence electrons. The number of nitrogens with zero attached hydrogens (tertiary/aromatic N) is 1. The molecule has 0 spiro atoms. The molecule has 1 N–H and O–H groups in total. The number of benzene rings is 1. The van der Waals surface area contributed by atoms with Crippen molar-refractivity contribution < 1.29 is 14.0 Å². The first-order chi connectivity index (χ1) is 10.6. The van der Waals surface area contributed by atoms with Crippen LogP contribution in [0.3, 0.4) is 0 Å². The third-order valence-electron chi connectivity index (χ3n) is 3.67. The second-order valence-electron chi connectivity index (χ2n) is 5.12. The molecular weight excluding hydrogens is 303 g/mol. The minimum Gasteiger partial charge on any atom is -0.343 e. The van der Waals surface area contributed by atoms with Gasteiger partial charge < -0.3 is 10.2 Å². The molecule has 0 aliphatic carbocycles. The van der Waals surface area contributed by atoms with E-state index >= 15 is 0 Å². The van der Waals surface area contributed by atoms with Gasteiger partial charge in [0.1, 0.15) is 5.82 Å². The first-order valence-electron chi connectivity index (χ1n) is 7.00. The van der Waals surface area contributed by atoms with E-state index in [4.69, 9.17) is 0 Å². The predicted octanol–water partition coefficient (Wildman–Crippen LogP) is 2.20. The number of amides is 2. The maximum atomic E-state index is 12.8. The van der Waals surface area contributed by atoms with Gasteiger partial charge in [0.05, 0.1) is 6.54 Å². The van der Waals surface area contributed by atoms with Crippen molar-refractivity contribution in [2.45, 2.75) is 13.0 Å². The van der Waals surface area contributed by atoms with E-state index in [0.717, 1.165) is 6.42 Å². The molecule has 4 nitrogen and oxygen atoms in total. The molecule has 0 saturated carbocycles. The largest absolute Gasteiger partial charge is 0.343 e. The summed E-state index contributed by atoms with van der Waals surface area (Å²) in [6.07, 6.45) is 0.866. The molecule has 3 rings (SSSR count). The lowest BCUT2D eigenvalue weighted by Crippen LogP contribution is -2.42. The Morgan fingerprint density at radius 2 is 2.00 bits per heavy atom. The summed E-state index contributed by atoms with van der Waals surface area (Å²) in [6, 6.07) is 7.27. The molecule has 2 amide bonds. The van der Waals surface area contributed by atoms with Gasteiger partial charge in [0.2, 0.25) is 5.91 Å². The summed E-state index contributed by atoms with van der Waals surface area (Å²) < 4.78 is 12.8. The maximum absolute atomic E-state index is 12.8. The lowest BCUT2D eigenvalue weighted by atomic mass is 10.1. The van der Waals surface area contributed by atoms with Crippen LogP contribution in [0.4, 0.5) is 4.39 Å². The average molecular weight is 318 g/mol. The Morgan fingerprint density at radius 3 is 2.77 bits per heavy atom. The number of fused-ring (bicyclic) bond motifs is 1. The van der Waals surface area contributed by atoms with Gasteiger partial charge in [0.25, 0.3) is 5.91 Å². The number of rotatable bonds is 3. The van der Waals surface area contributed by atoms with Crippen molar-refractivity contribution in [1.29, 1.82) is 0 Å². The Hall–Kier alpha value is -2.21. The van der Waals surface area contributed by atoms with Crippen LogP contribution in [-0.4, -0.2) is 29.8 Å². The molecule has 0 saturated heterocycles. The van der Waals surface area contributed by atoms with Crippen LogP contribution in [0.15, 0.2) is 35.7 Å². The number of carbonyl (C=O) groups excluding carboxylic acids is 2. The minimum atomic E-state index is -0.396. The molecule has 2 heterocycles. The van der Waals surface area contributed by atoms with Crippen molar-refractivity contribution in [3.63, 3.8) is 0 Å². The van der Waals surface area contributed by atoms with Crippen molar-refractivity contribution in [3.8, 4) is 0 Å². The molecule has 1 aliphatic rings. The third kappa shape index (κ3) is 3.17. The van der Waals surface area contributed by atoms with Gasteiger partial charge in [-0.3, -0.25) is 9.59 Å². The molecule has 0 radical (unpaired) electrons. The first-order valence-corrected chi connectivity index (χ1v) is 7.88. The van der Waals surface area contributed by atoms with Crippen LogP contribution in [0.5, 0.6) is 0 Å². The molecule has 0 atom stereocenters. The zero-order valence-electron chi connectivity index (χ0n) is 11.8. The summed E-state index contributed by atoms with van der Waals surface area (Å²) >= 11 is 1.72. The van der Waals surface area contributed by atoms with Crippen LogP contribution in [0.25, 0.3) is 0 Å². The van der Waals surface area contributed by atoms with Crippen LogP contribution in [0.1, 0.15) is 20.8 Å². The summed E-state index contributed by atoms with van der Waals surface area (Å²) in [4.78, 5) is 27.2. The zero-order valence-corrected chi connectivity index (χ0v) is 12.7. The van der Waals surface area contributed by atoms with Crippen LogP contribution in [0, 0.1) is 5.82 Å². The van der Waals surface area contributed by atoms with Gasteiger partial charge in [-0.15, -0.1) is 11.3 Å². The molecule has 0 fully saturated rings. The van der Waals surface area contributed by atoms with Gasteiger partial charge in [-0.1, -0.05) is 0 Å². The summed E-state index contributed by atoms with van der Waals surface area (Å²) in [5.74, 6) is -0.874. The fourth-order valence-corrected chi connectivity index (χ4v) is 3.32. The van der Waals surface area contributed by atoms with Crippen molar-refractivity contribution in [2.24, 2.45) is 0 Å². The lowest BCUT2D eigenvalue weighted by molar-refractivity contribution is -0.131. The first kappa shape index (κ1) is 14.7. The van der Waals surface area contributed by atoms with E-state index in [0.29, 0.717) is 18.7 Å². The maximum Gasteiger partial charge on any atom is 0.251 e. The average Bonchev–Trinajstić information content (AvgIpc) is 3.00. The number of halogens is 1. The van der Waals surface area contributed by atoms with Crippen LogP contribution < -0.4 is 5.32 Å². The van der Waals surface area contributed by atoms with E-state index in [2.05, 4.69) is 5.32 Å². The summed E-state index contributed by atoms with van der Waals surface area (Å²) in [5.41, 5.74) is 1.53. The van der Waals surface area contributed by atoms with E-state index in [1.54, 1.807) is 16.2 Å². The Bertz CT molecular complexity index is 696. The number of nitrogens with one attached hydrogen (secondary N) is 1. The zero-order chi connectivity index (χ0) is 15.5. The minimum absolute atomic E-state index is 0.0460. The highest BCUT2D eigenvalue weighted by molar-refractivity contribution is 7.10. The van der Waals surface area contributed by atoms with E-state index in [1.165, 1.54) is 34.7 Å². The Kier molecular flexibility index (Phi) is 4.20. The van der Waals surface area contributed by atoms with E-state index in [1.807, 2.05) is 11.4 Å². The van der Waals surface area contributed by atoms with E-state index in [9.17, 15) is 14.0 Å². The number of carbonyl (C=O) groups is 2. The Morgan fingerprint density at radius 1 is 1.23 bits per heavy atom. The highest BCUT2D eigenvalue weighted by atomic mass is 32.1. The fourth-order valence-electron chi connectivity index (χ4n) is 2.43. The number of hydrogen-bond acceptors (Lipinski definition) is 3. The number of hydrogen-bond donors (Lipinski definition) is 1. The molecule has 22 heavy (non-hydrogen) atoms. The van der Waals surface area contributed by atoms with E-state index in [-0.39, 0.29) is 18.4 Å². The monoisotopic (exact) mass is 318 g/mol. The molecule has 1 aromatic heterocycles. The summed E-state index contributed by atoms with van der Waals surface area (Å²) in [6.45, 7) is 1.23. The van der Waals surface area contributed by atoms with E-state index < -0.39 is 5.82 Å². The van der Waals surface area contributed by atoms with Crippen molar-refractivity contribution in [3.05, 3.63) is 57.5 Å². The standard InChI is InChI=1S/C16H15FN2O2S/c17-13-3-1-11(2-4-13)16(21)18-9-15(20)19-7-5-14-12(10-19)6-8-22-14/h1-4,6,8H,5,7,9-10H2,(H,18,21). The normalized spacial score (nSPS) is 13.6. The van der Waals surface area contributed by atoms with Crippen molar-refractivity contribution in [1.82, 2.24) is 10.2 Å².